The lowest BCUT2D eigenvalue weighted by Crippen LogP contribution is -2.26. The molecule has 2 aromatic rings. The van der Waals surface area contributed by atoms with E-state index >= 15 is 0 Å². The summed E-state index contributed by atoms with van der Waals surface area (Å²) in [5.74, 6) is -2.49. The Morgan fingerprint density at radius 3 is 2.95 bits per heavy atom. The zero-order chi connectivity index (χ0) is 13.7. The van der Waals surface area contributed by atoms with Crippen LogP contribution in [-0.2, 0) is 6.42 Å². The number of hydrogen-bond acceptors (Lipinski definition) is 4. The highest BCUT2D eigenvalue weighted by Crippen LogP contribution is 2.08. The van der Waals surface area contributed by atoms with Gasteiger partial charge in [-0.2, -0.15) is 9.49 Å². The second kappa shape index (κ2) is 5.98. The number of nitrogens with one attached hydrogen (secondary N) is 2. The minimum Gasteiger partial charge on any atom is -0.352 e. The number of pyridine rings is 1. The Morgan fingerprint density at radius 2 is 2.21 bits per heavy atom. The summed E-state index contributed by atoms with van der Waals surface area (Å²) in [7, 11) is 0. The predicted octanol–water partition coefficient (Wildman–Crippen LogP) is 0.840. The molecule has 0 saturated carbocycles. The molecule has 2 aromatic heterocycles. The number of aryl methyl sites for hydroxylation is 1. The van der Waals surface area contributed by atoms with Crippen molar-refractivity contribution in [2.75, 3.05) is 6.54 Å². The lowest BCUT2D eigenvalue weighted by molar-refractivity contribution is 0.0947. The molecule has 2 heterocycles. The Hall–Kier alpha value is -2.38. The highest BCUT2D eigenvalue weighted by molar-refractivity contribution is 5.94. The summed E-state index contributed by atoms with van der Waals surface area (Å²) in [6, 6.07) is 1.13. The fraction of sp³-hybridized carbons (Fsp3) is 0.273. The molecule has 2 rings (SSSR count). The van der Waals surface area contributed by atoms with E-state index in [0.29, 0.717) is 25.2 Å². The Labute approximate surface area is 107 Å². The van der Waals surface area contributed by atoms with Crippen molar-refractivity contribution in [2.24, 2.45) is 0 Å². The van der Waals surface area contributed by atoms with Gasteiger partial charge in [0.15, 0.2) is 5.82 Å². The van der Waals surface area contributed by atoms with Gasteiger partial charge >= 0.3 is 0 Å². The summed E-state index contributed by atoms with van der Waals surface area (Å²) >= 11 is 0. The molecule has 6 nitrogen and oxygen atoms in total. The summed E-state index contributed by atoms with van der Waals surface area (Å²) in [6.07, 6.45) is 3.65. The largest absolute Gasteiger partial charge is 0.352 e. The summed E-state index contributed by atoms with van der Waals surface area (Å²) in [5, 5.41) is 8.86. The number of halogens is 2. The summed E-state index contributed by atoms with van der Waals surface area (Å²) in [4.78, 5) is 18.6. The normalized spacial score (nSPS) is 10.4. The van der Waals surface area contributed by atoms with E-state index in [2.05, 4.69) is 25.5 Å². The zero-order valence-electron chi connectivity index (χ0n) is 9.86. The van der Waals surface area contributed by atoms with Crippen LogP contribution < -0.4 is 5.32 Å². The first kappa shape index (κ1) is 13.1. The average molecular weight is 267 g/mol. The molecule has 0 fully saturated rings. The van der Waals surface area contributed by atoms with Gasteiger partial charge in [-0.05, 0) is 12.5 Å². The molecule has 0 aromatic carbocycles. The number of carbonyl (C=O) groups excluding carboxylic acids is 1. The van der Waals surface area contributed by atoms with Crippen LogP contribution in [-0.4, -0.2) is 32.6 Å². The van der Waals surface area contributed by atoms with Gasteiger partial charge in [0.2, 0.25) is 5.95 Å². The number of aromatic nitrogens is 4. The van der Waals surface area contributed by atoms with E-state index in [4.69, 9.17) is 0 Å². The van der Waals surface area contributed by atoms with E-state index in [0.717, 1.165) is 12.3 Å². The molecule has 0 aliphatic heterocycles. The maximum atomic E-state index is 13.3. The molecular formula is C11H11F2N5O. The van der Waals surface area contributed by atoms with Gasteiger partial charge < -0.3 is 5.32 Å². The fourth-order valence-electron chi connectivity index (χ4n) is 1.50. The van der Waals surface area contributed by atoms with Gasteiger partial charge in [0.25, 0.3) is 5.91 Å². The van der Waals surface area contributed by atoms with Crippen LogP contribution in [0.1, 0.15) is 22.6 Å². The molecule has 0 aliphatic carbocycles. The maximum Gasteiger partial charge on any atom is 0.254 e. The van der Waals surface area contributed by atoms with Crippen molar-refractivity contribution in [3.8, 4) is 0 Å². The number of amides is 1. The van der Waals surface area contributed by atoms with Crippen molar-refractivity contribution in [2.45, 2.75) is 12.8 Å². The number of rotatable bonds is 5. The quantitative estimate of drug-likeness (QED) is 0.621. The summed E-state index contributed by atoms with van der Waals surface area (Å²) in [5.41, 5.74) is -0.354. The third-order valence-corrected chi connectivity index (χ3v) is 2.43. The molecule has 0 atom stereocenters. The van der Waals surface area contributed by atoms with Gasteiger partial charge in [-0.1, -0.05) is 0 Å². The summed E-state index contributed by atoms with van der Waals surface area (Å²) < 4.78 is 26.1. The standard InChI is InChI=1S/C11H11F2N5O/c12-9-7(3-5-14-10(9)13)11(19)15-4-1-2-8-16-6-17-18-8/h3,5-6H,1-2,4H2,(H,15,19)(H,16,17,18). The minimum absolute atomic E-state index is 0.322. The molecule has 0 radical (unpaired) electrons. The predicted molar refractivity (Wildman–Crippen MR) is 61.2 cm³/mol. The van der Waals surface area contributed by atoms with Crippen molar-refractivity contribution in [1.29, 1.82) is 0 Å². The monoisotopic (exact) mass is 267 g/mol. The van der Waals surface area contributed by atoms with E-state index in [1.165, 1.54) is 6.33 Å². The van der Waals surface area contributed by atoms with E-state index in [1.54, 1.807) is 0 Å². The molecule has 8 heteroatoms. The molecule has 0 saturated heterocycles. The first-order valence-corrected chi connectivity index (χ1v) is 5.61. The molecule has 0 spiro atoms. The molecule has 2 N–H and O–H groups in total. The highest BCUT2D eigenvalue weighted by Gasteiger charge is 2.15. The van der Waals surface area contributed by atoms with Gasteiger partial charge in [0.1, 0.15) is 12.2 Å². The Morgan fingerprint density at radius 1 is 1.37 bits per heavy atom. The van der Waals surface area contributed by atoms with Crippen molar-refractivity contribution in [3.63, 3.8) is 0 Å². The number of aromatic amines is 1. The zero-order valence-corrected chi connectivity index (χ0v) is 9.86. The fourth-order valence-corrected chi connectivity index (χ4v) is 1.50. The second-order valence-corrected chi connectivity index (χ2v) is 3.75. The van der Waals surface area contributed by atoms with Crippen LogP contribution in [0.15, 0.2) is 18.6 Å². The molecule has 0 bridgehead atoms. The Bertz CT molecular complexity index is 558. The van der Waals surface area contributed by atoms with Crippen LogP contribution in [0.2, 0.25) is 0 Å². The van der Waals surface area contributed by atoms with E-state index < -0.39 is 17.7 Å². The molecule has 19 heavy (non-hydrogen) atoms. The third kappa shape index (κ3) is 3.30. The van der Waals surface area contributed by atoms with Gasteiger partial charge in [-0.15, -0.1) is 0 Å². The first-order valence-electron chi connectivity index (χ1n) is 5.61. The van der Waals surface area contributed by atoms with Gasteiger partial charge in [-0.25, -0.2) is 14.4 Å². The van der Waals surface area contributed by atoms with Crippen molar-refractivity contribution < 1.29 is 13.6 Å². The number of H-pyrrole nitrogens is 1. The molecule has 1 amide bonds. The molecule has 0 aliphatic rings. The number of nitrogens with zero attached hydrogens (tertiary/aromatic N) is 3. The number of carbonyl (C=O) groups is 1. The van der Waals surface area contributed by atoms with Crippen LogP contribution in [0.3, 0.4) is 0 Å². The Balaban J connectivity index is 1.83. The van der Waals surface area contributed by atoms with Gasteiger partial charge in [-0.3, -0.25) is 9.89 Å². The van der Waals surface area contributed by atoms with Crippen LogP contribution in [0.4, 0.5) is 8.78 Å². The van der Waals surface area contributed by atoms with E-state index in [-0.39, 0.29) is 5.56 Å². The molecule has 100 valence electrons. The van der Waals surface area contributed by atoms with Gasteiger partial charge in [0.05, 0.1) is 5.56 Å². The lowest BCUT2D eigenvalue weighted by Gasteiger charge is -2.05. The SMILES string of the molecule is O=C(NCCCc1ncn[nH]1)c1ccnc(F)c1F. The lowest BCUT2D eigenvalue weighted by atomic mass is 10.2. The van der Waals surface area contributed by atoms with Crippen molar-refractivity contribution in [3.05, 3.63) is 41.7 Å². The van der Waals surface area contributed by atoms with Crippen LogP contribution in [0.5, 0.6) is 0 Å². The van der Waals surface area contributed by atoms with Crippen LogP contribution in [0, 0.1) is 11.8 Å². The van der Waals surface area contributed by atoms with E-state index in [9.17, 15) is 13.6 Å². The van der Waals surface area contributed by atoms with Crippen molar-refractivity contribution >= 4 is 5.91 Å². The Kier molecular flexibility index (Phi) is 4.11. The minimum atomic E-state index is -1.28. The topological polar surface area (TPSA) is 83.6 Å². The molecule has 0 unspecified atom stereocenters. The van der Waals surface area contributed by atoms with Crippen LogP contribution in [0.25, 0.3) is 0 Å². The van der Waals surface area contributed by atoms with Gasteiger partial charge in [0, 0.05) is 19.2 Å². The van der Waals surface area contributed by atoms with E-state index in [1.807, 2.05) is 0 Å². The summed E-state index contributed by atoms with van der Waals surface area (Å²) in [6.45, 7) is 0.322. The number of hydrogen-bond donors (Lipinski definition) is 2. The van der Waals surface area contributed by atoms with Crippen LogP contribution >= 0.6 is 0 Å². The highest BCUT2D eigenvalue weighted by atomic mass is 19.2. The maximum absolute atomic E-state index is 13.3. The average Bonchev–Trinajstić information content (AvgIpc) is 2.91. The second-order valence-electron chi connectivity index (χ2n) is 3.75. The van der Waals surface area contributed by atoms with Crippen molar-refractivity contribution in [1.82, 2.24) is 25.5 Å². The molecular weight excluding hydrogens is 256 g/mol. The third-order valence-electron chi connectivity index (χ3n) is 2.43. The smallest absolute Gasteiger partial charge is 0.254 e. The first-order chi connectivity index (χ1) is 9.18.